The van der Waals surface area contributed by atoms with Crippen LogP contribution in [0.1, 0.15) is 5.56 Å². The van der Waals surface area contributed by atoms with E-state index in [4.69, 9.17) is 18.9 Å². The number of nitrogens with zero attached hydrogens (tertiary/aromatic N) is 1. The Morgan fingerprint density at radius 2 is 1.86 bits per heavy atom. The average molecular weight is 303 g/mol. The highest BCUT2D eigenvalue weighted by Gasteiger charge is 2.22. The van der Waals surface area contributed by atoms with Crippen LogP contribution in [0, 0.1) is 11.3 Å². The lowest BCUT2D eigenvalue weighted by atomic mass is 10.2. The van der Waals surface area contributed by atoms with E-state index < -0.39 is 10.1 Å². The van der Waals surface area contributed by atoms with Crippen molar-refractivity contribution in [2.75, 3.05) is 6.79 Å². The lowest BCUT2D eigenvalue weighted by molar-refractivity contribution is 0.174. The Kier molecular flexibility index (Phi) is 3.16. The molecule has 0 atom stereocenters. The van der Waals surface area contributed by atoms with E-state index in [9.17, 15) is 8.42 Å². The van der Waals surface area contributed by atoms with Gasteiger partial charge in [-0.3, -0.25) is 0 Å². The maximum atomic E-state index is 12.2. The van der Waals surface area contributed by atoms with E-state index in [1.807, 2.05) is 6.07 Å². The molecule has 3 rings (SSSR count). The lowest BCUT2D eigenvalue weighted by Gasteiger charge is -2.08. The van der Waals surface area contributed by atoms with Crippen molar-refractivity contribution in [1.82, 2.24) is 0 Å². The van der Waals surface area contributed by atoms with Crippen LogP contribution < -0.4 is 13.7 Å². The molecule has 0 fully saturated rings. The van der Waals surface area contributed by atoms with Crippen molar-refractivity contribution in [3.63, 3.8) is 0 Å². The molecule has 0 aliphatic carbocycles. The fourth-order valence-corrected chi connectivity index (χ4v) is 2.95. The molecule has 0 saturated carbocycles. The van der Waals surface area contributed by atoms with Crippen LogP contribution in [0.2, 0.25) is 0 Å². The molecule has 2 aromatic rings. The molecule has 106 valence electrons. The minimum absolute atomic E-state index is 0.0262. The fourth-order valence-electron chi connectivity index (χ4n) is 1.88. The van der Waals surface area contributed by atoms with Crippen molar-refractivity contribution in [2.45, 2.75) is 4.90 Å². The number of rotatable bonds is 3. The standard InChI is InChI=1S/C14H9NO5S/c15-8-10-3-1-2-4-14(10)21(16,17)20-11-5-6-12-13(7-11)19-9-18-12/h1-7H,9H2. The average Bonchev–Trinajstić information content (AvgIpc) is 2.94. The van der Waals surface area contributed by atoms with Gasteiger partial charge in [0.1, 0.15) is 16.7 Å². The summed E-state index contributed by atoms with van der Waals surface area (Å²) < 4.78 is 39.8. The maximum Gasteiger partial charge on any atom is 0.340 e. The fraction of sp³-hybridized carbons (Fsp3) is 0.0714. The molecule has 1 heterocycles. The van der Waals surface area contributed by atoms with E-state index in [2.05, 4.69) is 0 Å². The number of fused-ring (bicyclic) bond motifs is 1. The van der Waals surface area contributed by atoms with Crippen LogP contribution in [0.3, 0.4) is 0 Å². The summed E-state index contributed by atoms with van der Waals surface area (Å²) in [6, 6.07) is 12.1. The second kappa shape index (κ2) is 5.00. The third-order valence-electron chi connectivity index (χ3n) is 2.83. The van der Waals surface area contributed by atoms with Crippen LogP contribution in [0.15, 0.2) is 47.4 Å². The summed E-state index contributed by atoms with van der Waals surface area (Å²) in [7, 11) is -4.09. The quantitative estimate of drug-likeness (QED) is 0.807. The van der Waals surface area contributed by atoms with E-state index >= 15 is 0 Å². The van der Waals surface area contributed by atoms with Gasteiger partial charge in [0.25, 0.3) is 0 Å². The van der Waals surface area contributed by atoms with Crippen LogP contribution >= 0.6 is 0 Å². The molecule has 0 bridgehead atoms. The predicted octanol–water partition coefficient (Wildman–Crippen LogP) is 2.05. The molecule has 0 unspecified atom stereocenters. The SMILES string of the molecule is N#Cc1ccccc1S(=O)(=O)Oc1ccc2c(c1)OCO2. The Labute approximate surface area is 121 Å². The molecule has 0 N–H and O–H groups in total. The van der Waals surface area contributed by atoms with Gasteiger partial charge in [-0.2, -0.15) is 13.7 Å². The van der Waals surface area contributed by atoms with Gasteiger partial charge in [-0.1, -0.05) is 12.1 Å². The highest BCUT2D eigenvalue weighted by molar-refractivity contribution is 7.87. The van der Waals surface area contributed by atoms with Crippen LogP contribution in [0.25, 0.3) is 0 Å². The molecule has 2 aromatic carbocycles. The van der Waals surface area contributed by atoms with Gasteiger partial charge in [-0.05, 0) is 24.3 Å². The second-order valence-electron chi connectivity index (χ2n) is 4.16. The number of benzene rings is 2. The molecule has 0 spiro atoms. The maximum absolute atomic E-state index is 12.2. The molecular weight excluding hydrogens is 294 g/mol. The van der Waals surface area contributed by atoms with Gasteiger partial charge >= 0.3 is 10.1 Å². The molecule has 6 nitrogen and oxygen atoms in total. The third-order valence-corrected chi connectivity index (χ3v) is 4.13. The van der Waals surface area contributed by atoms with E-state index in [1.165, 1.54) is 30.3 Å². The van der Waals surface area contributed by atoms with Crippen molar-refractivity contribution >= 4 is 10.1 Å². The molecule has 1 aliphatic rings. The summed E-state index contributed by atoms with van der Waals surface area (Å²) in [4.78, 5) is -0.176. The summed E-state index contributed by atoms with van der Waals surface area (Å²) in [5.41, 5.74) is 0.0262. The van der Waals surface area contributed by atoms with Crippen molar-refractivity contribution in [3.05, 3.63) is 48.0 Å². The number of nitriles is 1. The zero-order valence-corrected chi connectivity index (χ0v) is 11.5. The number of hydrogen-bond acceptors (Lipinski definition) is 6. The Balaban J connectivity index is 1.95. The van der Waals surface area contributed by atoms with Gasteiger partial charge in [0.15, 0.2) is 11.5 Å². The Hall–Kier alpha value is -2.72. The summed E-state index contributed by atoms with van der Waals surface area (Å²) in [5.74, 6) is 1.03. The first kappa shape index (κ1) is 13.3. The van der Waals surface area contributed by atoms with E-state index in [1.54, 1.807) is 12.1 Å². The molecule has 0 saturated heterocycles. The molecule has 7 heteroatoms. The zero-order chi connectivity index (χ0) is 14.9. The summed E-state index contributed by atoms with van der Waals surface area (Å²) in [6.45, 7) is 0.0861. The largest absolute Gasteiger partial charge is 0.454 e. The molecule has 1 aliphatic heterocycles. The monoisotopic (exact) mass is 303 g/mol. The highest BCUT2D eigenvalue weighted by atomic mass is 32.2. The number of ether oxygens (including phenoxy) is 2. The van der Waals surface area contributed by atoms with Gasteiger partial charge in [-0.15, -0.1) is 0 Å². The minimum atomic E-state index is -4.09. The van der Waals surface area contributed by atoms with Crippen molar-refractivity contribution < 1.29 is 22.1 Å². The molecule has 0 aromatic heterocycles. The van der Waals surface area contributed by atoms with Gasteiger partial charge < -0.3 is 13.7 Å². The van der Waals surface area contributed by atoms with E-state index in [0.29, 0.717) is 11.5 Å². The lowest BCUT2D eigenvalue weighted by Crippen LogP contribution is -2.11. The smallest absolute Gasteiger partial charge is 0.340 e. The molecule has 0 amide bonds. The van der Waals surface area contributed by atoms with Crippen LogP contribution in [-0.4, -0.2) is 15.2 Å². The topological polar surface area (TPSA) is 85.6 Å². The summed E-state index contributed by atoms with van der Waals surface area (Å²) in [6.07, 6.45) is 0. The highest BCUT2D eigenvalue weighted by Crippen LogP contribution is 2.36. The second-order valence-corrected chi connectivity index (χ2v) is 5.68. The normalized spacial score (nSPS) is 12.7. The molecule has 21 heavy (non-hydrogen) atoms. The third kappa shape index (κ3) is 2.49. The van der Waals surface area contributed by atoms with Crippen LogP contribution in [-0.2, 0) is 10.1 Å². The first-order chi connectivity index (χ1) is 10.1. The Bertz CT molecular complexity index is 839. The minimum Gasteiger partial charge on any atom is -0.454 e. The van der Waals surface area contributed by atoms with Crippen molar-refractivity contribution in [2.24, 2.45) is 0 Å². The van der Waals surface area contributed by atoms with Gasteiger partial charge in [0.05, 0.1) is 5.56 Å². The Morgan fingerprint density at radius 3 is 2.67 bits per heavy atom. The zero-order valence-electron chi connectivity index (χ0n) is 10.6. The Morgan fingerprint density at radius 1 is 1.10 bits per heavy atom. The summed E-state index contributed by atoms with van der Waals surface area (Å²) in [5, 5.41) is 8.97. The van der Waals surface area contributed by atoms with E-state index in [-0.39, 0.29) is 23.0 Å². The predicted molar refractivity (Wildman–Crippen MR) is 71.5 cm³/mol. The first-order valence-electron chi connectivity index (χ1n) is 5.93. The molecule has 0 radical (unpaired) electrons. The first-order valence-corrected chi connectivity index (χ1v) is 7.34. The van der Waals surface area contributed by atoms with Crippen LogP contribution in [0.5, 0.6) is 17.2 Å². The number of hydrogen-bond donors (Lipinski definition) is 0. The van der Waals surface area contributed by atoms with Crippen molar-refractivity contribution in [3.8, 4) is 23.3 Å². The van der Waals surface area contributed by atoms with E-state index in [0.717, 1.165) is 0 Å². The van der Waals surface area contributed by atoms with Gasteiger partial charge in [-0.25, -0.2) is 0 Å². The van der Waals surface area contributed by atoms with Crippen molar-refractivity contribution in [1.29, 1.82) is 5.26 Å². The van der Waals surface area contributed by atoms with Gasteiger partial charge in [0.2, 0.25) is 6.79 Å². The summed E-state index contributed by atoms with van der Waals surface area (Å²) >= 11 is 0. The van der Waals surface area contributed by atoms with Crippen LogP contribution in [0.4, 0.5) is 0 Å². The molecular formula is C14H9NO5S. The van der Waals surface area contributed by atoms with Gasteiger partial charge in [0, 0.05) is 6.07 Å².